The van der Waals surface area contributed by atoms with Crippen molar-refractivity contribution in [3.63, 3.8) is 0 Å². The first-order chi connectivity index (χ1) is 14.2. The lowest BCUT2D eigenvalue weighted by atomic mass is 10.2. The SMILES string of the molecule is CC[C@@H](OC(=O)[C@@H]1CCCN1S(=O)(=O)c1ccccc1F)C(=O)Nc1cc(C)on1. The van der Waals surface area contributed by atoms with E-state index in [1.165, 1.54) is 18.2 Å². The van der Waals surface area contributed by atoms with Gasteiger partial charge in [-0.1, -0.05) is 24.2 Å². The Kier molecular flexibility index (Phi) is 6.52. The van der Waals surface area contributed by atoms with Crippen LogP contribution in [0.1, 0.15) is 31.9 Å². The number of carbonyl (C=O) groups excluding carboxylic acids is 2. The van der Waals surface area contributed by atoms with Gasteiger partial charge in [0.25, 0.3) is 5.91 Å². The van der Waals surface area contributed by atoms with Crippen LogP contribution >= 0.6 is 0 Å². The zero-order valence-electron chi connectivity index (χ0n) is 16.5. The highest BCUT2D eigenvalue weighted by molar-refractivity contribution is 7.89. The number of aryl methyl sites for hydroxylation is 1. The fraction of sp³-hybridized carbons (Fsp3) is 0.421. The number of amides is 1. The average Bonchev–Trinajstić information content (AvgIpc) is 3.35. The van der Waals surface area contributed by atoms with E-state index in [0.29, 0.717) is 12.2 Å². The molecule has 0 radical (unpaired) electrons. The van der Waals surface area contributed by atoms with Gasteiger partial charge >= 0.3 is 5.97 Å². The van der Waals surface area contributed by atoms with Gasteiger partial charge < -0.3 is 14.6 Å². The van der Waals surface area contributed by atoms with Crippen LogP contribution in [0.5, 0.6) is 0 Å². The zero-order chi connectivity index (χ0) is 21.9. The first kappa shape index (κ1) is 21.9. The van der Waals surface area contributed by atoms with Gasteiger partial charge in [-0.2, -0.15) is 4.31 Å². The second kappa shape index (κ2) is 8.92. The molecule has 3 rings (SSSR count). The fourth-order valence-electron chi connectivity index (χ4n) is 3.22. The summed E-state index contributed by atoms with van der Waals surface area (Å²) in [5.41, 5.74) is 0. The lowest BCUT2D eigenvalue weighted by molar-refractivity contribution is -0.157. The van der Waals surface area contributed by atoms with Crippen molar-refractivity contribution < 1.29 is 31.7 Å². The number of nitrogens with zero attached hydrogens (tertiary/aromatic N) is 2. The summed E-state index contributed by atoms with van der Waals surface area (Å²) in [5, 5.41) is 6.13. The van der Waals surface area contributed by atoms with Gasteiger partial charge in [-0.25, -0.2) is 12.8 Å². The zero-order valence-corrected chi connectivity index (χ0v) is 17.3. The number of aromatic nitrogens is 1. The molecule has 0 unspecified atom stereocenters. The molecule has 0 bridgehead atoms. The van der Waals surface area contributed by atoms with E-state index in [4.69, 9.17) is 9.26 Å². The minimum Gasteiger partial charge on any atom is -0.451 e. The predicted molar refractivity (Wildman–Crippen MR) is 103 cm³/mol. The number of benzene rings is 1. The van der Waals surface area contributed by atoms with E-state index in [-0.39, 0.29) is 25.2 Å². The molecule has 2 heterocycles. The third kappa shape index (κ3) is 4.51. The van der Waals surface area contributed by atoms with E-state index in [9.17, 15) is 22.4 Å². The number of sulfonamides is 1. The van der Waals surface area contributed by atoms with Crippen molar-refractivity contribution in [3.05, 3.63) is 41.9 Å². The molecular weight excluding hydrogens is 417 g/mol. The Morgan fingerprint density at radius 3 is 2.77 bits per heavy atom. The van der Waals surface area contributed by atoms with Crippen LogP contribution in [-0.2, 0) is 24.3 Å². The third-order valence-electron chi connectivity index (χ3n) is 4.70. The van der Waals surface area contributed by atoms with Crippen LogP contribution in [0.2, 0.25) is 0 Å². The smallest absolute Gasteiger partial charge is 0.325 e. The molecule has 1 aliphatic rings. The molecule has 2 atom stereocenters. The number of hydrogen-bond donors (Lipinski definition) is 1. The van der Waals surface area contributed by atoms with Gasteiger partial charge in [0.15, 0.2) is 11.9 Å². The first-order valence-corrected chi connectivity index (χ1v) is 10.9. The molecular formula is C19H22FN3O6S. The molecule has 11 heteroatoms. The summed E-state index contributed by atoms with van der Waals surface area (Å²) in [7, 11) is -4.24. The fourth-order valence-corrected chi connectivity index (χ4v) is 4.93. The summed E-state index contributed by atoms with van der Waals surface area (Å²) in [6.07, 6.45) is -0.351. The summed E-state index contributed by atoms with van der Waals surface area (Å²) in [6, 6.07) is 5.34. The van der Waals surface area contributed by atoms with Crippen molar-refractivity contribution in [2.45, 2.75) is 50.2 Å². The molecule has 1 saturated heterocycles. The summed E-state index contributed by atoms with van der Waals surface area (Å²) in [6.45, 7) is 3.36. The lowest BCUT2D eigenvalue weighted by Crippen LogP contribution is -2.44. The van der Waals surface area contributed by atoms with Crippen molar-refractivity contribution in [2.75, 3.05) is 11.9 Å². The predicted octanol–water partition coefficient (Wildman–Crippen LogP) is 2.24. The van der Waals surface area contributed by atoms with Crippen molar-refractivity contribution >= 4 is 27.7 Å². The molecule has 9 nitrogen and oxygen atoms in total. The van der Waals surface area contributed by atoms with E-state index in [1.807, 2.05) is 0 Å². The lowest BCUT2D eigenvalue weighted by Gasteiger charge is -2.24. The normalized spacial score (nSPS) is 18.2. The van der Waals surface area contributed by atoms with E-state index >= 15 is 0 Å². The maximum absolute atomic E-state index is 14.1. The molecule has 1 N–H and O–H groups in total. The van der Waals surface area contributed by atoms with Gasteiger partial charge in [-0.05, 0) is 38.3 Å². The number of ether oxygens (including phenoxy) is 1. The molecule has 162 valence electrons. The Bertz CT molecular complexity index is 1040. The van der Waals surface area contributed by atoms with Crippen LogP contribution < -0.4 is 5.32 Å². The number of hydrogen-bond acceptors (Lipinski definition) is 7. The van der Waals surface area contributed by atoms with Crippen LogP contribution in [0.15, 0.2) is 39.8 Å². The summed E-state index contributed by atoms with van der Waals surface area (Å²) in [4.78, 5) is 24.6. The van der Waals surface area contributed by atoms with E-state index in [1.54, 1.807) is 13.8 Å². The van der Waals surface area contributed by atoms with Gasteiger partial charge in [0.2, 0.25) is 10.0 Å². The number of nitrogens with one attached hydrogen (secondary N) is 1. The third-order valence-corrected chi connectivity index (χ3v) is 6.64. The first-order valence-electron chi connectivity index (χ1n) is 9.45. The van der Waals surface area contributed by atoms with E-state index in [0.717, 1.165) is 16.4 Å². The van der Waals surface area contributed by atoms with Gasteiger partial charge in [0.1, 0.15) is 22.5 Å². The molecule has 30 heavy (non-hydrogen) atoms. The minimum absolute atomic E-state index is 0.0532. The summed E-state index contributed by atoms with van der Waals surface area (Å²) < 4.78 is 50.9. The molecule has 1 aliphatic heterocycles. The Balaban J connectivity index is 1.73. The average molecular weight is 439 g/mol. The van der Waals surface area contributed by atoms with Crippen molar-refractivity contribution in [2.24, 2.45) is 0 Å². The Morgan fingerprint density at radius 2 is 2.13 bits per heavy atom. The van der Waals surface area contributed by atoms with Crippen molar-refractivity contribution in [3.8, 4) is 0 Å². The summed E-state index contributed by atoms with van der Waals surface area (Å²) >= 11 is 0. The van der Waals surface area contributed by atoms with E-state index in [2.05, 4.69) is 10.5 Å². The molecule has 0 saturated carbocycles. The molecule has 0 aliphatic carbocycles. The van der Waals surface area contributed by atoms with Crippen molar-refractivity contribution in [1.82, 2.24) is 9.46 Å². The van der Waals surface area contributed by atoms with Gasteiger partial charge in [-0.15, -0.1) is 0 Å². The second-order valence-corrected chi connectivity index (χ2v) is 8.71. The molecule has 1 fully saturated rings. The maximum atomic E-state index is 14.1. The molecule has 1 aromatic heterocycles. The van der Waals surface area contributed by atoms with Crippen molar-refractivity contribution in [1.29, 1.82) is 0 Å². The maximum Gasteiger partial charge on any atom is 0.325 e. The number of anilines is 1. The molecule has 2 aromatic rings. The van der Waals surface area contributed by atoms with Gasteiger partial charge in [0.05, 0.1) is 0 Å². The largest absolute Gasteiger partial charge is 0.451 e. The Hall–Kier alpha value is -2.79. The van der Waals surface area contributed by atoms with Crippen LogP contribution in [0, 0.1) is 12.7 Å². The second-order valence-electron chi connectivity index (χ2n) is 6.85. The standard InChI is InChI=1S/C19H22FN3O6S/c1-3-15(18(24)21-17-11-12(2)29-22-17)28-19(25)14-8-6-10-23(14)30(26,27)16-9-5-4-7-13(16)20/h4-5,7,9,11,14-15H,3,6,8,10H2,1-2H3,(H,21,22,24)/t14-,15+/m0/s1. The topological polar surface area (TPSA) is 119 Å². The van der Waals surface area contributed by atoms with Crippen LogP contribution in [0.4, 0.5) is 10.2 Å². The highest BCUT2D eigenvalue weighted by Crippen LogP contribution is 2.28. The highest BCUT2D eigenvalue weighted by atomic mass is 32.2. The van der Waals surface area contributed by atoms with Crippen LogP contribution in [0.25, 0.3) is 0 Å². The van der Waals surface area contributed by atoms with Gasteiger partial charge in [-0.3, -0.25) is 9.59 Å². The highest BCUT2D eigenvalue weighted by Gasteiger charge is 2.42. The minimum atomic E-state index is -4.24. The molecule has 1 amide bonds. The molecule has 0 spiro atoms. The van der Waals surface area contributed by atoms with E-state index < -0.39 is 44.8 Å². The number of rotatable bonds is 7. The van der Waals surface area contributed by atoms with Crippen LogP contribution in [-0.4, -0.2) is 48.4 Å². The Labute approximate surface area is 173 Å². The Morgan fingerprint density at radius 1 is 1.40 bits per heavy atom. The molecule has 1 aromatic carbocycles. The number of carbonyl (C=O) groups is 2. The summed E-state index contributed by atoms with van der Waals surface area (Å²) in [5.74, 6) is -1.69. The monoisotopic (exact) mass is 439 g/mol. The number of esters is 1. The quantitative estimate of drug-likeness (QED) is 0.657. The van der Waals surface area contributed by atoms with Crippen LogP contribution in [0.3, 0.4) is 0 Å². The number of halogens is 1. The van der Waals surface area contributed by atoms with Gasteiger partial charge in [0, 0.05) is 12.6 Å².